The number of aryl methyl sites for hydroxylation is 2. The topological polar surface area (TPSA) is 12.0 Å². The fourth-order valence-electron chi connectivity index (χ4n) is 2.44. The van der Waals surface area contributed by atoms with Crippen molar-refractivity contribution in [2.45, 2.75) is 25.8 Å². The van der Waals surface area contributed by atoms with Gasteiger partial charge in [-0.05, 0) is 49.6 Å². The summed E-state index contributed by atoms with van der Waals surface area (Å²) in [5.41, 5.74) is 3.78. The minimum atomic E-state index is 0.209. The molecule has 0 heterocycles. The molecular formula is C17H19Cl2N. The molecule has 3 heteroatoms. The van der Waals surface area contributed by atoms with E-state index >= 15 is 0 Å². The first-order valence-electron chi connectivity index (χ1n) is 6.79. The van der Waals surface area contributed by atoms with E-state index in [1.165, 1.54) is 11.1 Å². The third kappa shape index (κ3) is 3.54. The maximum Gasteiger partial charge on any atom is 0.0640 e. The van der Waals surface area contributed by atoms with Crippen LogP contribution in [0.3, 0.4) is 0 Å². The van der Waals surface area contributed by atoms with Gasteiger partial charge in [0.1, 0.15) is 0 Å². The van der Waals surface area contributed by atoms with Crippen LogP contribution in [0.1, 0.15) is 29.2 Å². The molecule has 2 aromatic rings. The van der Waals surface area contributed by atoms with E-state index in [0.29, 0.717) is 10.0 Å². The van der Waals surface area contributed by atoms with Gasteiger partial charge in [-0.2, -0.15) is 0 Å². The summed E-state index contributed by atoms with van der Waals surface area (Å²) in [4.78, 5) is 0. The Hall–Kier alpha value is -1.02. The summed E-state index contributed by atoms with van der Waals surface area (Å²) in [6.45, 7) is 2.15. The first kappa shape index (κ1) is 15.4. The van der Waals surface area contributed by atoms with Crippen molar-refractivity contribution >= 4 is 23.2 Å². The Labute approximate surface area is 130 Å². The van der Waals surface area contributed by atoms with Gasteiger partial charge in [0.2, 0.25) is 0 Å². The molecular weight excluding hydrogens is 289 g/mol. The Morgan fingerprint density at radius 3 is 2.50 bits per heavy atom. The quantitative estimate of drug-likeness (QED) is 0.801. The first-order chi connectivity index (χ1) is 9.63. The normalized spacial score (nSPS) is 12.4. The van der Waals surface area contributed by atoms with E-state index in [4.69, 9.17) is 23.2 Å². The molecule has 106 valence electrons. The molecule has 0 aromatic heterocycles. The van der Waals surface area contributed by atoms with Gasteiger partial charge in [0.15, 0.2) is 0 Å². The van der Waals surface area contributed by atoms with E-state index in [0.717, 1.165) is 18.4 Å². The van der Waals surface area contributed by atoms with Gasteiger partial charge in [-0.15, -0.1) is 0 Å². The molecule has 2 aromatic carbocycles. The lowest BCUT2D eigenvalue weighted by atomic mass is 9.97. The van der Waals surface area contributed by atoms with Gasteiger partial charge in [-0.1, -0.05) is 59.6 Å². The Morgan fingerprint density at radius 1 is 1.05 bits per heavy atom. The Kier molecular flexibility index (Phi) is 5.47. The summed E-state index contributed by atoms with van der Waals surface area (Å²) in [5.74, 6) is 0. The lowest BCUT2D eigenvalue weighted by Gasteiger charge is -2.19. The van der Waals surface area contributed by atoms with Crippen molar-refractivity contribution < 1.29 is 0 Å². The maximum atomic E-state index is 6.31. The number of rotatable bonds is 5. The lowest BCUT2D eigenvalue weighted by Crippen LogP contribution is -2.17. The average molecular weight is 308 g/mol. The SMILES string of the molecule is CNC(CCc1ccccc1C)c1cccc(Cl)c1Cl. The molecule has 0 saturated heterocycles. The highest BCUT2D eigenvalue weighted by Gasteiger charge is 2.14. The standard InChI is InChI=1S/C17H19Cl2N/c1-12-6-3-4-7-13(12)10-11-16(20-2)14-8-5-9-15(18)17(14)19/h3-9,16,20H,10-11H2,1-2H3. The van der Waals surface area contributed by atoms with Crippen molar-refractivity contribution in [3.63, 3.8) is 0 Å². The summed E-state index contributed by atoms with van der Waals surface area (Å²) in [6, 6.07) is 14.5. The minimum Gasteiger partial charge on any atom is -0.313 e. The molecule has 1 unspecified atom stereocenters. The zero-order chi connectivity index (χ0) is 14.5. The molecule has 0 bridgehead atoms. The molecule has 0 fully saturated rings. The Morgan fingerprint density at radius 2 is 1.80 bits per heavy atom. The monoisotopic (exact) mass is 307 g/mol. The number of benzene rings is 2. The first-order valence-corrected chi connectivity index (χ1v) is 7.54. The van der Waals surface area contributed by atoms with Crippen LogP contribution in [-0.2, 0) is 6.42 Å². The van der Waals surface area contributed by atoms with E-state index in [-0.39, 0.29) is 6.04 Å². The maximum absolute atomic E-state index is 6.31. The third-order valence-corrected chi connectivity index (χ3v) is 4.50. The second kappa shape index (κ2) is 7.12. The van der Waals surface area contributed by atoms with Crippen LogP contribution in [-0.4, -0.2) is 7.05 Å². The van der Waals surface area contributed by atoms with Crippen molar-refractivity contribution in [2.24, 2.45) is 0 Å². The lowest BCUT2D eigenvalue weighted by molar-refractivity contribution is 0.549. The summed E-state index contributed by atoms with van der Waals surface area (Å²) in [6.07, 6.45) is 2.00. The highest BCUT2D eigenvalue weighted by molar-refractivity contribution is 6.42. The zero-order valence-electron chi connectivity index (χ0n) is 11.8. The fraction of sp³-hybridized carbons (Fsp3) is 0.294. The molecule has 20 heavy (non-hydrogen) atoms. The molecule has 0 saturated carbocycles. The van der Waals surface area contributed by atoms with Gasteiger partial charge in [-0.25, -0.2) is 0 Å². The van der Waals surface area contributed by atoms with Crippen molar-refractivity contribution in [3.05, 3.63) is 69.2 Å². The van der Waals surface area contributed by atoms with Crippen LogP contribution in [0.5, 0.6) is 0 Å². The highest BCUT2D eigenvalue weighted by atomic mass is 35.5. The van der Waals surface area contributed by atoms with E-state index in [2.05, 4.69) is 36.5 Å². The average Bonchev–Trinajstić information content (AvgIpc) is 2.45. The van der Waals surface area contributed by atoms with Crippen LogP contribution >= 0.6 is 23.2 Å². The molecule has 0 aliphatic rings. The molecule has 1 nitrogen and oxygen atoms in total. The number of hydrogen-bond acceptors (Lipinski definition) is 1. The summed E-state index contributed by atoms with van der Waals surface area (Å²) >= 11 is 12.4. The second-order valence-corrected chi connectivity index (χ2v) is 5.73. The Balaban J connectivity index is 2.14. The molecule has 0 radical (unpaired) electrons. The van der Waals surface area contributed by atoms with Gasteiger partial charge in [-0.3, -0.25) is 0 Å². The predicted octanol–water partition coefficient (Wildman–Crippen LogP) is 5.20. The van der Waals surface area contributed by atoms with Gasteiger partial charge in [0.25, 0.3) is 0 Å². The van der Waals surface area contributed by atoms with Gasteiger partial charge in [0.05, 0.1) is 10.0 Å². The van der Waals surface area contributed by atoms with Crippen LogP contribution in [0.4, 0.5) is 0 Å². The van der Waals surface area contributed by atoms with E-state index in [1.54, 1.807) is 0 Å². The summed E-state index contributed by atoms with van der Waals surface area (Å²) in [5, 5.41) is 4.60. The largest absolute Gasteiger partial charge is 0.313 e. The van der Waals surface area contributed by atoms with E-state index < -0.39 is 0 Å². The molecule has 2 rings (SSSR count). The summed E-state index contributed by atoms with van der Waals surface area (Å²) in [7, 11) is 1.96. The van der Waals surface area contributed by atoms with Crippen molar-refractivity contribution in [2.75, 3.05) is 7.05 Å². The van der Waals surface area contributed by atoms with Crippen LogP contribution in [0, 0.1) is 6.92 Å². The highest BCUT2D eigenvalue weighted by Crippen LogP contribution is 2.31. The Bertz CT molecular complexity index is 581. The molecule has 1 atom stereocenters. The third-order valence-electron chi connectivity index (χ3n) is 3.67. The number of hydrogen-bond donors (Lipinski definition) is 1. The smallest absolute Gasteiger partial charge is 0.0640 e. The van der Waals surface area contributed by atoms with Crippen LogP contribution in [0.2, 0.25) is 10.0 Å². The number of halogens is 2. The fourth-order valence-corrected chi connectivity index (χ4v) is 2.87. The van der Waals surface area contributed by atoms with Crippen molar-refractivity contribution in [1.29, 1.82) is 0 Å². The van der Waals surface area contributed by atoms with E-state index in [1.807, 2.05) is 25.2 Å². The predicted molar refractivity (Wildman–Crippen MR) is 87.8 cm³/mol. The van der Waals surface area contributed by atoms with Gasteiger partial charge >= 0.3 is 0 Å². The summed E-state index contributed by atoms with van der Waals surface area (Å²) < 4.78 is 0. The minimum absolute atomic E-state index is 0.209. The van der Waals surface area contributed by atoms with Crippen LogP contribution < -0.4 is 5.32 Å². The molecule has 0 spiro atoms. The zero-order valence-corrected chi connectivity index (χ0v) is 13.3. The van der Waals surface area contributed by atoms with Crippen LogP contribution in [0.25, 0.3) is 0 Å². The van der Waals surface area contributed by atoms with Gasteiger partial charge in [0, 0.05) is 6.04 Å². The molecule has 0 aliphatic carbocycles. The van der Waals surface area contributed by atoms with E-state index in [9.17, 15) is 0 Å². The molecule has 0 aliphatic heterocycles. The van der Waals surface area contributed by atoms with Crippen LogP contribution in [0.15, 0.2) is 42.5 Å². The molecule has 0 amide bonds. The van der Waals surface area contributed by atoms with Crippen molar-refractivity contribution in [1.82, 2.24) is 5.32 Å². The molecule has 1 N–H and O–H groups in total. The van der Waals surface area contributed by atoms with Gasteiger partial charge < -0.3 is 5.32 Å². The second-order valence-electron chi connectivity index (χ2n) is 4.95. The van der Waals surface area contributed by atoms with Crippen molar-refractivity contribution in [3.8, 4) is 0 Å². The number of nitrogens with one attached hydrogen (secondary N) is 1.